The standard InChI is InChI=1S/C53H95N5O16/c1-8-33-72-51(67)58-42(49(64)65)25-23-24-30-54-46(61)40-70-38-37-69-35-32-56-47(62)41-71-39-36-68-34-31-55-44(59)29-28-43(50(66)74-53(5,6)7)57-45(60)26-21-19-17-15-13-11-9-10-12-14-16-18-20-22-27-48(63)73-52(2,3)4/h8,42-43H,1,9-41H2,2-7H3,(H,54,61)(H,55,59)(H,56,62)(H,57,60)(H,58,67)(H,64,65)/t42-,43-/m0/s1. The number of hydrogen-bond donors (Lipinski definition) is 6. The molecule has 0 bridgehead atoms. The molecular weight excluding hydrogens is 963 g/mol. The van der Waals surface area contributed by atoms with Gasteiger partial charge >= 0.3 is 24.0 Å². The minimum Gasteiger partial charge on any atom is -0.480 e. The number of carbonyl (C=O) groups excluding carboxylic acids is 7. The van der Waals surface area contributed by atoms with Crippen LogP contribution in [0.5, 0.6) is 0 Å². The summed E-state index contributed by atoms with van der Waals surface area (Å²) in [5, 5.41) is 22.4. The van der Waals surface area contributed by atoms with Gasteiger partial charge in [0.15, 0.2) is 0 Å². The summed E-state index contributed by atoms with van der Waals surface area (Å²) in [5.41, 5.74) is -1.17. The molecule has 2 atom stereocenters. The lowest BCUT2D eigenvalue weighted by molar-refractivity contribution is -0.159. The lowest BCUT2D eigenvalue weighted by atomic mass is 10.0. The number of hydrogen-bond acceptors (Lipinski definition) is 15. The van der Waals surface area contributed by atoms with E-state index in [9.17, 15) is 43.5 Å². The Morgan fingerprint density at radius 3 is 1.42 bits per heavy atom. The van der Waals surface area contributed by atoms with Crippen molar-refractivity contribution in [3.05, 3.63) is 12.7 Å². The fourth-order valence-corrected chi connectivity index (χ4v) is 6.99. The van der Waals surface area contributed by atoms with Crippen molar-refractivity contribution in [3.63, 3.8) is 0 Å². The van der Waals surface area contributed by atoms with Crippen molar-refractivity contribution >= 4 is 47.6 Å². The zero-order chi connectivity index (χ0) is 55.3. The largest absolute Gasteiger partial charge is 0.480 e. The minimum atomic E-state index is -1.18. The molecule has 0 spiro atoms. The number of aliphatic carboxylic acids is 1. The molecule has 0 rings (SSSR count). The molecule has 74 heavy (non-hydrogen) atoms. The average molecular weight is 1060 g/mol. The predicted octanol–water partition coefficient (Wildman–Crippen LogP) is 6.13. The lowest BCUT2D eigenvalue weighted by Gasteiger charge is -2.24. The smallest absolute Gasteiger partial charge is 0.408 e. The summed E-state index contributed by atoms with van der Waals surface area (Å²) >= 11 is 0. The Morgan fingerprint density at radius 1 is 0.473 bits per heavy atom. The molecule has 6 N–H and O–H groups in total. The molecule has 0 heterocycles. The van der Waals surface area contributed by atoms with Gasteiger partial charge in [-0.1, -0.05) is 89.7 Å². The molecule has 0 aliphatic heterocycles. The summed E-state index contributed by atoms with van der Waals surface area (Å²) in [6.45, 7) is 15.8. The van der Waals surface area contributed by atoms with Gasteiger partial charge in [-0.15, -0.1) is 0 Å². The molecule has 0 saturated carbocycles. The van der Waals surface area contributed by atoms with Gasteiger partial charge in [0.25, 0.3) is 0 Å². The highest BCUT2D eigenvalue weighted by molar-refractivity contribution is 5.85. The maximum absolute atomic E-state index is 12.9. The second-order valence-electron chi connectivity index (χ2n) is 20.0. The van der Waals surface area contributed by atoms with Crippen LogP contribution in [0, 0.1) is 0 Å². The van der Waals surface area contributed by atoms with Crippen molar-refractivity contribution in [2.45, 2.75) is 200 Å². The van der Waals surface area contributed by atoms with E-state index in [4.69, 9.17) is 33.2 Å². The number of rotatable bonds is 47. The number of esters is 2. The van der Waals surface area contributed by atoms with Crippen LogP contribution in [-0.4, -0.2) is 155 Å². The molecule has 5 amide bonds. The number of unbranched alkanes of at least 4 members (excludes halogenated alkanes) is 14. The molecule has 0 unspecified atom stereocenters. The summed E-state index contributed by atoms with van der Waals surface area (Å²) in [5.74, 6) is -3.10. The maximum atomic E-state index is 12.9. The third-order valence-corrected chi connectivity index (χ3v) is 10.7. The molecular formula is C53H95N5O16. The molecule has 21 heteroatoms. The predicted molar refractivity (Wildman–Crippen MR) is 279 cm³/mol. The highest BCUT2D eigenvalue weighted by atomic mass is 16.6. The van der Waals surface area contributed by atoms with Crippen molar-refractivity contribution in [1.82, 2.24) is 26.6 Å². The van der Waals surface area contributed by atoms with Gasteiger partial charge in [0.2, 0.25) is 23.6 Å². The molecule has 0 aromatic rings. The Kier molecular flexibility index (Phi) is 41.5. The van der Waals surface area contributed by atoms with Gasteiger partial charge in [-0.3, -0.25) is 24.0 Å². The van der Waals surface area contributed by atoms with Crippen LogP contribution in [0.1, 0.15) is 176 Å². The topological polar surface area (TPSA) is 282 Å². The summed E-state index contributed by atoms with van der Waals surface area (Å²) in [6, 6.07) is -2.06. The first-order chi connectivity index (χ1) is 35.2. The van der Waals surface area contributed by atoms with Crippen molar-refractivity contribution in [2.24, 2.45) is 0 Å². The van der Waals surface area contributed by atoms with Crippen molar-refractivity contribution in [3.8, 4) is 0 Å². The van der Waals surface area contributed by atoms with Gasteiger partial charge < -0.3 is 64.8 Å². The highest BCUT2D eigenvalue weighted by Crippen LogP contribution is 2.16. The second-order valence-corrected chi connectivity index (χ2v) is 20.0. The minimum absolute atomic E-state index is 0.0000927. The van der Waals surface area contributed by atoms with Crippen molar-refractivity contribution < 1.29 is 76.6 Å². The summed E-state index contributed by atoms with van der Waals surface area (Å²) in [6.07, 6.45) is 18.0. The zero-order valence-corrected chi connectivity index (χ0v) is 45.8. The second kappa shape index (κ2) is 44.4. The van der Waals surface area contributed by atoms with E-state index in [-0.39, 0.29) is 121 Å². The Balaban J connectivity index is 3.97. The van der Waals surface area contributed by atoms with Gasteiger partial charge in [0.05, 0.1) is 39.6 Å². The van der Waals surface area contributed by atoms with Crippen LogP contribution in [0.4, 0.5) is 4.79 Å². The van der Waals surface area contributed by atoms with Crippen molar-refractivity contribution in [2.75, 3.05) is 79.1 Å². The molecule has 0 aliphatic carbocycles. The molecule has 428 valence electrons. The van der Waals surface area contributed by atoms with Gasteiger partial charge in [-0.05, 0) is 80.1 Å². The zero-order valence-electron chi connectivity index (χ0n) is 45.8. The van der Waals surface area contributed by atoms with Crippen LogP contribution >= 0.6 is 0 Å². The van der Waals surface area contributed by atoms with Crippen molar-refractivity contribution in [1.29, 1.82) is 0 Å². The highest BCUT2D eigenvalue weighted by Gasteiger charge is 2.27. The van der Waals surface area contributed by atoms with E-state index in [0.717, 1.165) is 44.9 Å². The van der Waals surface area contributed by atoms with Crippen LogP contribution in [-0.2, 0) is 66.7 Å². The van der Waals surface area contributed by atoms with E-state index in [0.29, 0.717) is 32.2 Å². The average Bonchev–Trinajstić information content (AvgIpc) is 3.31. The Hall–Kier alpha value is -4.86. The van der Waals surface area contributed by atoms with Crippen LogP contribution in [0.25, 0.3) is 0 Å². The SMILES string of the molecule is C=CCOC(=O)N[C@@H](CCCCNC(=O)COCCOCCNC(=O)COCCOCCNC(=O)CC[C@H](NC(=O)CCCCCCCCCCCCCCCCC(=O)OC(C)(C)C)C(=O)OC(C)(C)C)C(=O)O. The number of nitrogens with one attached hydrogen (secondary N) is 5. The Labute approximate surface area is 441 Å². The van der Waals surface area contributed by atoms with E-state index in [1.54, 1.807) is 20.8 Å². The molecule has 0 aliphatic rings. The van der Waals surface area contributed by atoms with E-state index in [1.807, 2.05) is 20.8 Å². The molecule has 0 saturated heterocycles. The van der Waals surface area contributed by atoms with Crippen LogP contribution in [0.3, 0.4) is 0 Å². The van der Waals surface area contributed by atoms with Gasteiger partial charge in [-0.2, -0.15) is 0 Å². The third kappa shape index (κ3) is 46.9. The fourth-order valence-electron chi connectivity index (χ4n) is 6.99. The monoisotopic (exact) mass is 1060 g/mol. The van der Waals surface area contributed by atoms with E-state index >= 15 is 0 Å². The fraction of sp³-hybridized carbons (Fsp3) is 0.811. The molecule has 0 radical (unpaired) electrons. The number of alkyl carbamates (subject to hydrolysis) is 1. The van der Waals surface area contributed by atoms with E-state index in [1.165, 1.54) is 51.0 Å². The van der Waals surface area contributed by atoms with Gasteiger partial charge in [0, 0.05) is 38.9 Å². The lowest BCUT2D eigenvalue weighted by Crippen LogP contribution is -2.44. The maximum Gasteiger partial charge on any atom is 0.408 e. The number of amides is 5. The van der Waals surface area contributed by atoms with Crippen LogP contribution in [0.15, 0.2) is 12.7 Å². The first kappa shape index (κ1) is 69.1. The first-order valence-electron chi connectivity index (χ1n) is 26.8. The third-order valence-electron chi connectivity index (χ3n) is 10.7. The Morgan fingerprint density at radius 2 is 0.932 bits per heavy atom. The van der Waals surface area contributed by atoms with Crippen LogP contribution < -0.4 is 26.6 Å². The number of ether oxygens (including phenoxy) is 7. The van der Waals surface area contributed by atoms with E-state index < -0.39 is 41.3 Å². The molecule has 0 aromatic carbocycles. The number of carboxylic acid groups (broad SMARTS) is 1. The number of carboxylic acids is 1. The first-order valence-corrected chi connectivity index (χ1v) is 26.8. The van der Waals surface area contributed by atoms with Gasteiger partial charge in [-0.25, -0.2) is 14.4 Å². The quantitative estimate of drug-likeness (QED) is 0.0173. The normalized spacial score (nSPS) is 12.2. The molecule has 0 aromatic heterocycles. The Bertz CT molecular complexity index is 1590. The van der Waals surface area contributed by atoms with Crippen LogP contribution in [0.2, 0.25) is 0 Å². The summed E-state index contributed by atoms with van der Waals surface area (Å²) in [7, 11) is 0. The number of carbonyl (C=O) groups is 8. The summed E-state index contributed by atoms with van der Waals surface area (Å²) < 4.78 is 37.1. The molecule has 21 nitrogen and oxygen atoms in total. The molecule has 0 fully saturated rings. The van der Waals surface area contributed by atoms with E-state index in [2.05, 4.69) is 33.2 Å². The summed E-state index contributed by atoms with van der Waals surface area (Å²) in [4.78, 5) is 97.0. The van der Waals surface area contributed by atoms with Gasteiger partial charge in [0.1, 0.15) is 43.1 Å².